The van der Waals surface area contributed by atoms with Crippen molar-refractivity contribution in [3.8, 4) is 0 Å². The molecular formula is C27H37N5O4S. The normalized spacial score (nSPS) is 17.8. The van der Waals surface area contributed by atoms with Crippen molar-refractivity contribution >= 4 is 40.6 Å². The summed E-state index contributed by atoms with van der Waals surface area (Å²) in [6.45, 7) is 12.8. The van der Waals surface area contributed by atoms with Gasteiger partial charge >= 0.3 is 12.1 Å². The highest BCUT2D eigenvalue weighted by Crippen LogP contribution is 2.34. The van der Waals surface area contributed by atoms with Crippen LogP contribution in [-0.4, -0.2) is 67.4 Å². The largest absolute Gasteiger partial charge is 0.424 e. The Hall–Kier alpha value is -2.95. The van der Waals surface area contributed by atoms with E-state index in [9.17, 15) is 9.59 Å². The molecule has 1 unspecified atom stereocenters. The zero-order chi connectivity index (χ0) is 26.9. The molecule has 1 amide bonds. The standard InChI is InChI=1S/C27H37N5O4S/c1-17-15-19-23(37-17)29-21-9-7-8-10-22(21)32(24(19)31-13-11-30(6)12-14-31)26(34)36-18(2)35-25(33)20(28)16-27(3,4)5/h7-10,15,18,20H,11-14,16,28H2,1-6H3/t18?,20-/m1/s1. The Bertz CT molecular complexity index is 1280. The second-order valence-electron chi connectivity index (χ2n) is 10.9. The van der Waals surface area contributed by atoms with Gasteiger partial charge in [-0.25, -0.2) is 14.7 Å². The summed E-state index contributed by atoms with van der Waals surface area (Å²) in [6.07, 6.45) is -1.30. The summed E-state index contributed by atoms with van der Waals surface area (Å²) >= 11 is 1.59. The first-order valence-electron chi connectivity index (χ1n) is 12.6. The van der Waals surface area contributed by atoms with E-state index in [4.69, 9.17) is 20.2 Å². The second kappa shape index (κ2) is 10.8. The van der Waals surface area contributed by atoms with Crippen LogP contribution in [0.4, 0.5) is 16.2 Å². The minimum atomic E-state index is -1.12. The van der Waals surface area contributed by atoms with Gasteiger partial charge in [-0.05, 0) is 44.0 Å². The van der Waals surface area contributed by atoms with Gasteiger partial charge in [-0.2, -0.15) is 0 Å². The molecule has 1 fully saturated rings. The molecule has 2 aliphatic heterocycles. The lowest BCUT2D eigenvalue weighted by molar-refractivity contribution is -0.166. The summed E-state index contributed by atoms with van der Waals surface area (Å²) in [5.41, 5.74) is 7.19. The van der Waals surface area contributed by atoms with Crippen molar-refractivity contribution < 1.29 is 19.1 Å². The van der Waals surface area contributed by atoms with Gasteiger partial charge in [0.1, 0.15) is 16.5 Å². The van der Waals surface area contributed by atoms with Gasteiger partial charge in [0.25, 0.3) is 0 Å². The Morgan fingerprint density at radius 2 is 1.81 bits per heavy atom. The first-order chi connectivity index (χ1) is 17.4. The number of hydrogen-bond acceptors (Lipinski definition) is 9. The molecule has 37 heavy (non-hydrogen) atoms. The molecule has 0 aliphatic carbocycles. The second-order valence-corrected chi connectivity index (χ2v) is 12.1. The number of hydrogen-bond donors (Lipinski definition) is 1. The highest BCUT2D eigenvalue weighted by molar-refractivity contribution is 7.09. The number of likely N-dealkylation sites (N-methyl/N-ethyl adjacent to an activating group) is 1. The number of aryl methyl sites for hydroxylation is 1. The third-order valence-corrected chi connectivity index (χ3v) is 7.25. The smallest absolute Gasteiger partial charge is 0.423 e. The number of esters is 1. The van der Waals surface area contributed by atoms with Gasteiger partial charge in [-0.3, -0.25) is 4.79 Å². The number of rotatable bonds is 5. The summed E-state index contributed by atoms with van der Waals surface area (Å²) in [6, 6.07) is 8.77. The predicted molar refractivity (Wildman–Crippen MR) is 145 cm³/mol. The van der Waals surface area contributed by atoms with E-state index in [1.807, 2.05) is 52.0 Å². The molecule has 2 aliphatic rings. The monoisotopic (exact) mass is 527 g/mol. The van der Waals surface area contributed by atoms with E-state index in [0.717, 1.165) is 46.8 Å². The summed E-state index contributed by atoms with van der Waals surface area (Å²) in [5, 5.41) is 0.886. The maximum absolute atomic E-state index is 13.8. The molecule has 2 N–H and O–H groups in total. The molecule has 0 radical (unpaired) electrons. The molecule has 4 rings (SSSR count). The SMILES string of the molecule is Cc1cc2c(s1)=Nc1ccccc1N(C(=O)OC(C)OC(=O)[C@H](N)CC(C)(C)C)C=2N1CCN(C)CC1. The van der Waals surface area contributed by atoms with Gasteiger partial charge < -0.3 is 25.0 Å². The van der Waals surface area contributed by atoms with Crippen LogP contribution in [0, 0.1) is 12.3 Å². The Morgan fingerprint density at radius 1 is 1.14 bits per heavy atom. The molecule has 2 aromatic rings. The number of ether oxygens (including phenoxy) is 2. The van der Waals surface area contributed by atoms with Gasteiger partial charge in [-0.15, -0.1) is 11.3 Å². The van der Waals surface area contributed by atoms with E-state index < -0.39 is 24.4 Å². The Labute approximate surface area is 222 Å². The van der Waals surface area contributed by atoms with Crippen LogP contribution in [0.2, 0.25) is 0 Å². The molecular weight excluding hydrogens is 490 g/mol. The molecule has 1 saturated heterocycles. The fourth-order valence-corrected chi connectivity index (χ4v) is 5.45. The number of nitrogens with zero attached hydrogens (tertiary/aromatic N) is 4. The van der Waals surface area contributed by atoms with E-state index in [0.29, 0.717) is 17.8 Å². The lowest BCUT2D eigenvalue weighted by atomic mass is 9.88. The molecule has 1 aromatic heterocycles. The minimum Gasteiger partial charge on any atom is -0.424 e. The van der Waals surface area contributed by atoms with Crippen molar-refractivity contribution in [2.75, 3.05) is 38.1 Å². The number of fused-ring (bicyclic) bond motifs is 2. The molecule has 3 heterocycles. The molecule has 0 bridgehead atoms. The van der Waals surface area contributed by atoms with Gasteiger partial charge in [0, 0.05) is 38.0 Å². The number of benzene rings is 1. The fourth-order valence-electron chi connectivity index (χ4n) is 4.56. The van der Waals surface area contributed by atoms with Crippen molar-refractivity contribution in [3.63, 3.8) is 0 Å². The molecule has 9 nitrogen and oxygen atoms in total. The first-order valence-corrected chi connectivity index (χ1v) is 13.4. The van der Waals surface area contributed by atoms with Crippen LogP contribution >= 0.6 is 11.3 Å². The highest BCUT2D eigenvalue weighted by atomic mass is 32.1. The van der Waals surface area contributed by atoms with Crippen LogP contribution in [0.15, 0.2) is 35.3 Å². The molecule has 10 heteroatoms. The van der Waals surface area contributed by atoms with Crippen molar-refractivity contribution in [2.24, 2.45) is 16.1 Å². The van der Waals surface area contributed by atoms with Gasteiger partial charge in [-0.1, -0.05) is 32.9 Å². The zero-order valence-electron chi connectivity index (χ0n) is 22.5. The van der Waals surface area contributed by atoms with Crippen LogP contribution in [-0.2, 0) is 14.3 Å². The van der Waals surface area contributed by atoms with Crippen molar-refractivity contribution in [1.29, 1.82) is 0 Å². The number of anilines is 1. The molecule has 0 spiro atoms. The van der Waals surface area contributed by atoms with E-state index >= 15 is 0 Å². The fraction of sp³-hybridized carbons (Fsp3) is 0.519. The number of piperazine rings is 1. The number of nitrogens with two attached hydrogens (primary N) is 1. The van der Waals surface area contributed by atoms with E-state index in [1.165, 1.54) is 6.92 Å². The lowest BCUT2D eigenvalue weighted by Gasteiger charge is -2.39. The van der Waals surface area contributed by atoms with E-state index in [-0.39, 0.29) is 5.41 Å². The number of carbonyl (C=O) groups excluding carboxylic acids is 2. The van der Waals surface area contributed by atoms with Crippen LogP contribution < -0.4 is 20.5 Å². The Kier molecular flexibility index (Phi) is 7.91. The van der Waals surface area contributed by atoms with Crippen LogP contribution in [0.3, 0.4) is 0 Å². The van der Waals surface area contributed by atoms with Crippen molar-refractivity contribution in [3.05, 3.63) is 45.1 Å². The summed E-state index contributed by atoms with van der Waals surface area (Å²) in [4.78, 5) is 38.4. The topological polar surface area (TPSA) is 101 Å². The van der Waals surface area contributed by atoms with E-state index in [2.05, 4.69) is 22.9 Å². The van der Waals surface area contributed by atoms with Crippen LogP contribution in [0.5, 0.6) is 0 Å². The quantitative estimate of drug-likeness (QED) is 0.471. The van der Waals surface area contributed by atoms with Gasteiger partial charge in [0.15, 0.2) is 0 Å². The number of amides is 1. The predicted octanol–water partition coefficient (Wildman–Crippen LogP) is 2.93. The Morgan fingerprint density at radius 3 is 2.49 bits per heavy atom. The third-order valence-electron chi connectivity index (χ3n) is 6.30. The third kappa shape index (κ3) is 6.31. The maximum atomic E-state index is 13.8. The van der Waals surface area contributed by atoms with E-state index in [1.54, 1.807) is 16.2 Å². The lowest BCUT2D eigenvalue weighted by Crippen LogP contribution is -2.51. The average Bonchev–Trinajstić information content (AvgIpc) is 3.10. The number of carbonyl (C=O) groups is 2. The van der Waals surface area contributed by atoms with Crippen molar-refractivity contribution in [2.45, 2.75) is 53.4 Å². The minimum absolute atomic E-state index is 0.139. The Balaban J connectivity index is 1.68. The number of thiophene rings is 1. The summed E-state index contributed by atoms with van der Waals surface area (Å²) in [5.74, 6) is 0.134. The first kappa shape index (κ1) is 27.1. The molecule has 1 aromatic carbocycles. The molecule has 200 valence electrons. The van der Waals surface area contributed by atoms with Gasteiger partial charge in [0.2, 0.25) is 6.29 Å². The van der Waals surface area contributed by atoms with Gasteiger partial charge in [0.05, 0.1) is 16.6 Å². The maximum Gasteiger partial charge on any atom is 0.423 e. The molecule has 0 saturated carbocycles. The highest BCUT2D eigenvalue weighted by Gasteiger charge is 2.34. The summed E-state index contributed by atoms with van der Waals surface area (Å²) < 4.78 is 12.0. The van der Waals surface area contributed by atoms with Crippen LogP contribution in [0.1, 0.15) is 39.0 Å². The summed E-state index contributed by atoms with van der Waals surface area (Å²) in [7, 11) is 2.09. The molecule has 2 atom stereocenters. The average molecular weight is 528 g/mol. The van der Waals surface area contributed by atoms with Crippen LogP contribution in [0.25, 0.3) is 5.82 Å². The van der Waals surface area contributed by atoms with Crippen molar-refractivity contribution in [1.82, 2.24) is 9.80 Å². The number of para-hydroxylation sites is 2. The zero-order valence-corrected chi connectivity index (χ0v) is 23.3.